The molecule has 0 aliphatic heterocycles. The SMILES string of the molecule is CC.CCC(C)(C)c1cc(C)ccc1NC=O. The molecule has 96 valence electrons. The maximum absolute atomic E-state index is 10.5. The number of nitrogens with one attached hydrogen (secondary N) is 1. The van der Waals surface area contributed by atoms with E-state index < -0.39 is 0 Å². The highest BCUT2D eigenvalue weighted by Crippen LogP contribution is 2.33. The standard InChI is InChI=1S/C13H19NO.C2H6/c1-5-13(3,4)11-8-10(2)6-7-12(11)14-9-15;1-2/h6-9H,5H2,1-4H3,(H,14,15);1-2H3. The van der Waals surface area contributed by atoms with Crippen LogP contribution in [-0.2, 0) is 10.2 Å². The Labute approximate surface area is 105 Å². The second-order valence-electron chi connectivity index (χ2n) is 4.55. The molecule has 0 fully saturated rings. The average Bonchev–Trinajstić information content (AvgIpc) is 2.34. The van der Waals surface area contributed by atoms with Crippen LogP contribution in [0.15, 0.2) is 18.2 Å². The van der Waals surface area contributed by atoms with Gasteiger partial charge in [0.15, 0.2) is 0 Å². The van der Waals surface area contributed by atoms with Crippen molar-refractivity contribution >= 4 is 12.1 Å². The van der Waals surface area contributed by atoms with E-state index in [1.165, 1.54) is 11.1 Å². The molecule has 1 N–H and O–H groups in total. The largest absolute Gasteiger partial charge is 0.328 e. The Hall–Kier alpha value is -1.31. The van der Waals surface area contributed by atoms with E-state index in [0.29, 0.717) is 0 Å². The van der Waals surface area contributed by atoms with E-state index in [9.17, 15) is 4.79 Å². The lowest BCUT2D eigenvalue weighted by Crippen LogP contribution is -2.18. The third-order valence-corrected chi connectivity index (χ3v) is 3.00. The van der Waals surface area contributed by atoms with Gasteiger partial charge >= 0.3 is 0 Å². The monoisotopic (exact) mass is 235 g/mol. The molecule has 0 bridgehead atoms. The quantitative estimate of drug-likeness (QED) is 0.775. The summed E-state index contributed by atoms with van der Waals surface area (Å²) in [6, 6.07) is 6.13. The van der Waals surface area contributed by atoms with Crippen molar-refractivity contribution in [1.82, 2.24) is 0 Å². The van der Waals surface area contributed by atoms with Gasteiger partial charge in [-0.25, -0.2) is 0 Å². The van der Waals surface area contributed by atoms with E-state index in [-0.39, 0.29) is 5.41 Å². The molecule has 0 saturated carbocycles. The molecule has 0 atom stereocenters. The van der Waals surface area contributed by atoms with Crippen molar-refractivity contribution in [3.8, 4) is 0 Å². The molecule has 2 heteroatoms. The van der Waals surface area contributed by atoms with Crippen molar-refractivity contribution in [2.24, 2.45) is 0 Å². The number of hydrogen-bond acceptors (Lipinski definition) is 1. The van der Waals surface area contributed by atoms with Crippen LogP contribution in [0.4, 0.5) is 5.69 Å². The molecule has 0 unspecified atom stereocenters. The van der Waals surface area contributed by atoms with Gasteiger partial charge in [-0.3, -0.25) is 4.79 Å². The molecule has 0 aliphatic carbocycles. The topological polar surface area (TPSA) is 29.1 Å². The van der Waals surface area contributed by atoms with Gasteiger partial charge in [-0.1, -0.05) is 52.3 Å². The third-order valence-electron chi connectivity index (χ3n) is 3.00. The van der Waals surface area contributed by atoms with E-state index in [0.717, 1.165) is 18.5 Å². The summed E-state index contributed by atoms with van der Waals surface area (Å²) in [6.07, 6.45) is 1.78. The van der Waals surface area contributed by atoms with Crippen molar-refractivity contribution in [2.45, 2.75) is 53.4 Å². The van der Waals surface area contributed by atoms with Crippen molar-refractivity contribution in [1.29, 1.82) is 0 Å². The minimum absolute atomic E-state index is 0.0946. The van der Waals surface area contributed by atoms with E-state index in [2.05, 4.69) is 39.1 Å². The summed E-state index contributed by atoms with van der Waals surface area (Å²) in [4.78, 5) is 10.5. The molecular weight excluding hydrogens is 210 g/mol. The zero-order chi connectivity index (χ0) is 13.5. The molecule has 1 rings (SSSR count). The van der Waals surface area contributed by atoms with E-state index in [4.69, 9.17) is 0 Å². The number of amides is 1. The summed E-state index contributed by atoms with van der Waals surface area (Å²) in [5, 5.41) is 2.76. The van der Waals surface area contributed by atoms with Gasteiger partial charge in [0, 0.05) is 5.69 Å². The van der Waals surface area contributed by atoms with Gasteiger partial charge in [0.1, 0.15) is 0 Å². The predicted molar refractivity (Wildman–Crippen MR) is 75.5 cm³/mol. The van der Waals surface area contributed by atoms with Crippen molar-refractivity contribution in [3.63, 3.8) is 0 Å². The van der Waals surface area contributed by atoms with Crippen LogP contribution in [0.1, 0.15) is 52.2 Å². The maximum atomic E-state index is 10.5. The minimum atomic E-state index is 0.0946. The lowest BCUT2D eigenvalue weighted by molar-refractivity contribution is -0.105. The summed E-state index contributed by atoms with van der Waals surface area (Å²) in [7, 11) is 0. The fraction of sp³-hybridized carbons (Fsp3) is 0.533. The van der Waals surface area contributed by atoms with Crippen LogP contribution in [0.5, 0.6) is 0 Å². The second kappa shape index (κ2) is 7.10. The van der Waals surface area contributed by atoms with Gasteiger partial charge in [-0.2, -0.15) is 0 Å². The highest BCUT2D eigenvalue weighted by molar-refractivity contribution is 5.74. The van der Waals surface area contributed by atoms with Crippen molar-refractivity contribution < 1.29 is 4.79 Å². The van der Waals surface area contributed by atoms with Crippen LogP contribution < -0.4 is 5.32 Å². The van der Waals surface area contributed by atoms with E-state index in [1.54, 1.807) is 0 Å². The number of benzene rings is 1. The summed E-state index contributed by atoms with van der Waals surface area (Å²) >= 11 is 0. The number of aryl methyl sites for hydroxylation is 1. The van der Waals surface area contributed by atoms with Crippen LogP contribution >= 0.6 is 0 Å². The Kier molecular flexibility index (Phi) is 6.55. The number of rotatable bonds is 4. The molecular formula is C15H25NO. The molecule has 1 amide bonds. The maximum Gasteiger partial charge on any atom is 0.211 e. The highest BCUT2D eigenvalue weighted by Gasteiger charge is 2.21. The van der Waals surface area contributed by atoms with Gasteiger partial charge in [0.25, 0.3) is 0 Å². The summed E-state index contributed by atoms with van der Waals surface area (Å²) in [5.41, 5.74) is 3.44. The number of hydrogen-bond donors (Lipinski definition) is 1. The molecule has 0 aliphatic rings. The first-order chi connectivity index (χ1) is 8.01. The lowest BCUT2D eigenvalue weighted by atomic mass is 9.80. The van der Waals surface area contributed by atoms with Crippen molar-refractivity contribution in [2.75, 3.05) is 5.32 Å². The van der Waals surface area contributed by atoms with Crippen LogP contribution in [-0.4, -0.2) is 6.41 Å². The molecule has 2 nitrogen and oxygen atoms in total. The zero-order valence-electron chi connectivity index (χ0n) is 11.9. The molecule has 17 heavy (non-hydrogen) atoms. The summed E-state index contributed by atoms with van der Waals surface area (Å²) in [5.74, 6) is 0. The Balaban J connectivity index is 0.00000121. The summed E-state index contributed by atoms with van der Waals surface area (Å²) in [6.45, 7) is 12.6. The number of carbonyl (C=O) groups is 1. The third kappa shape index (κ3) is 4.22. The first kappa shape index (κ1) is 15.7. The summed E-state index contributed by atoms with van der Waals surface area (Å²) < 4.78 is 0. The van der Waals surface area contributed by atoms with E-state index in [1.807, 2.05) is 26.0 Å². The van der Waals surface area contributed by atoms with Crippen LogP contribution in [0.25, 0.3) is 0 Å². The Morgan fingerprint density at radius 3 is 2.35 bits per heavy atom. The first-order valence-corrected chi connectivity index (χ1v) is 6.32. The smallest absolute Gasteiger partial charge is 0.211 e. The second-order valence-corrected chi connectivity index (χ2v) is 4.55. The molecule has 0 spiro atoms. The molecule has 0 saturated heterocycles. The Bertz CT molecular complexity index is 356. The lowest BCUT2D eigenvalue weighted by Gasteiger charge is -2.26. The Morgan fingerprint density at radius 1 is 1.29 bits per heavy atom. The number of anilines is 1. The van der Waals surface area contributed by atoms with Gasteiger partial charge in [-0.15, -0.1) is 0 Å². The van der Waals surface area contributed by atoms with E-state index >= 15 is 0 Å². The first-order valence-electron chi connectivity index (χ1n) is 6.32. The molecule has 0 radical (unpaired) electrons. The van der Waals surface area contributed by atoms with Crippen LogP contribution in [0.3, 0.4) is 0 Å². The normalized spacial score (nSPS) is 10.2. The molecule has 1 aromatic rings. The number of carbonyl (C=O) groups excluding carboxylic acids is 1. The minimum Gasteiger partial charge on any atom is -0.328 e. The predicted octanol–water partition coefficient (Wildman–Crippen LogP) is 4.28. The fourth-order valence-electron chi connectivity index (χ4n) is 1.60. The zero-order valence-corrected chi connectivity index (χ0v) is 11.9. The van der Waals surface area contributed by atoms with Gasteiger partial charge < -0.3 is 5.32 Å². The average molecular weight is 235 g/mol. The molecule has 0 heterocycles. The molecule has 0 aromatic heterocycles. The van der Waals surface area contributed by atoms with Gasteiger partial charge in [-0.05, 0) is 30.4 Å². The fourth-order valence-corrected chi connectivity index (χ4v) is 1.60. The van der Waals surface area contributed by atoms with Crippen LogP contribution in [0.2, 0.25) is 0 Å². The van der Waals surface area contributed by atoms with Crippen molar-refractivity contribution in [3.05, 3.63) is 29.3 Å². The van der Waals surface area contributed by atoms with Crippen LogP contribution in [0, 0.1) is 6.92 Å². The highest BCUT2D eigenvalue weighted by atomic mass is 16.1. The molecule has 1 aromatic carbocycles. The Morgan fingerprint density at radius 2 is 1.88 bits per heavy atom. The van der Waals surface area contributed by atoms with Gasteiger partial charge in [0.05, 0.1) is 0 Å². The van der Waals surface area contributed by atoms with Gasteiger partial charge in [0.2, 0.25) is 6.41 Å².